The number of aryl methyl sites for hydroxylation is 1. The quantitative estimate of drug-likeness (QED) is 0.414. The van der Waals surface area contributed by atoms with E-state index in [0.29, 0.717) is 28.5 Å². The number of benzene rings is 3. The molecule has 1 amide bonds. The number of methoxy groups -OCH3 is 1. The summed E-state index contributed by atoms with van der Waals surface area (Å²) in [7, 11) is 1.29. The standard InChI is InChI=1S/C27H25NO5/c1-17-6-7-21(27(31)28-22-12-13-22)15-24(17)18-8-10-19(11-9-18)26(30)20-4-3-5-23(14-20)33-16-25(29)32-2/h3-11,14-15,22H,12-13,16H2,1-2H3,(H,28,31). The Morgan fingerprint density at radius 3 is 2.33 bits per heavy atom. The van der Waals surface area contributed by atoms with Crippen molar-refractivity contribution in [2.75, 3.05) is 13.7 Å². The number of amides is 1. The van der Waals surface area contributed by atoms with Gasteiger partial charge in [-0.25, -0.2) is 4.79 Å². The van der Waals surface area contributed by atoms with E-state index < -0.39 is 5.97 Å². The number of rotatable bonds is 8. The van der Waals surface area contributed by atoms with Gasteiger partial charge in [0.2, 0.25) is 0 Å². The van der Waals surface area contributed by atoms with Crippen LogP contribution in [-0.4, -0.2) is 37.4 Å². The molecular weight excluding hydrogens is 418 g/mol. The fourth-order valence-corrected chi connectivity index (χ4v) is 3.47. The van der Waals surface area contributed by atoms with Crippen molar-refractivity contribution in [2.24, 2.45) is 0 Å². The highest BCUT2D eigenvalue weighted by Gasteiger charge is 2.24. The molecule has 0 bridgehead atoms. The van der Waals surface area contributed by atoms with Gasteiger partial charge in [0, 0.05) is 22.7 Å². The first-order valence-corrected chi connectivity index (χ1v) is 10.8. The average Bonchev–Trinajstić information content (AvgIpc) is 3.66. The average molecular weight is 443 g/mol. The number of esters is 1. The van der Waals surface area contributed by atoms with Crippen LogP contribution in [0.25, 0.3) is 11.1 Å². The lowest BCUT2D eigenvalue weighted by molar-refractivity contribution is -0.142. The van der Waals surface area contributed by atoms with Crippen LogP contribution < -0.4 is 10.1 Å². The zero-order chi connectivity index (χ0) is 23.4. The fraction of sp³-hybridized carbons (Fsp3) is 0.222. The Balaban J connectivity index is 1.51. The van der Waals surface area contributed by atoms with Gasteiger partial charge in [-0.1, -0.05) is 42.5 Å². The molecule has 6 heteroatoms. The summed E-state index contributed by atoms with van der Waals surface area (Å²) in [5.74, 6) is -0.286. The highest BCUT2D eigenvalue weighted by molar-refractivity contribution is 6.09. The molecule has 6 nitrogen and oxygen atoms in total. The van der Waals surface area contributed by atoms with E-state index >= 15 is 0 Å². The third kappa shape index (κ3) is 5.47. The Bertz CT molecular complexity index is 1200. The van der Waals surface area contributed by atoms with Gasteiger partial charge in [-0.3, -0.25) is 9.59 Å². The van der Waals surface area contributed by atoms with E-state index in [1.165, 1.54) is 7.11 Å². The third-order valence-electron chi connectivity index (χ3n) is 5.55. The Labute approximate surface area is 192 Å². The van der Waals surface area contributed by atoms with Crippen molar-refractivity contribution in [3.63, 3.8) is 0 Å². The van der Waals surface area contributed by atoms with Crippen LogP contribution in [-0.2, 0) is 9.53 Å². The Kier molecular flexibility index (Phi) is 6.54. The van der Waals surface area contributed by atoms with Crippen LogP contribution >= 0.6 is 0 Å². The van der Waals surface area contributed by atoms with Gasteiger partial charge in [0.15, 0.2) is 12.4 Å². The predicted octanol–water partition coefficient (Wildman–Crippen LogP) is 4.34. The van der Waals surface area contributed by atoms with Gasteiger partial charge in [0.25, 0.3) is 5.91 Å². The normalized spacial score (nSPS) is 12.7. The van der Waals surface area contributed by atoms with Crippen molar-refractivity contribution in [1.29, 1.82) is 0 Å². The molecule has 0 radical (unpaired) electrons. The molecule has 3 aromatic rings. The first-order valence-electron chi connectivity index (χ1n) is 10.8. The highest BCUT2D eigenvalue weighted by atomic mass is 16.6. The van der Waals surface area contributed by atoms with Gasteiger partial charge in [0.1, 0.15) is 5.75 Å². The maximum atomic E-state index is 13.0. The molecule has 1 fully saturated rings. The number of carbonyl (C=O) groups is 3. The van der Waals surface area contributed by atoms with Gasteiger partial charge >= 0.3 is 5.97 Å². The van der Waals surface area contributed by atoms with Gasteiger partial charge in [-0.15, -0.1) is 0 Å². The van der Waals surface area contributed by atoms with E-state index in [-0.39, 0.29) is 18.3 Å². The summed E-state index contributed by atoms with van der Waals surface area (Å²) in [6.07, 6.45) is 2.08. The largest absolute Gasteiger partial charge is 0.482 e. The van der Waals surface area contributed by atoms with Crippen molar-refractivity contribution in [1.82, 2.24) is 5.32 Å². The molecule has 0 atom stereocenters. The van der Waals surface area contributed by atoms with Gasteiger partial charge in [-0.05, 0) is 60.7 Å². The minimum Gasteiger partial charge on any atom is -0.482 e. The Morgan fingerprint density at radius 1 is 0.909 bits per heavy atom. The zero-order valence-corrected chi connectivity index (χ0v) is 18.6. The molecular formula is C27H25NO5. The van der Waals surface area contributed by atoms with Crippen molar-refractivity contribution < 1.29 is 23.9 Å². The number of ketones is 1. The number of nitrogens with one attached hydrogen (secondary N) is 1. The van der Waals surface area contributed by atoms with Gasteiger partial charge in [-0.2, -0.15) is 0 Å². The van der Waals surface area contributed by atoms with E-state index in [2.05, 4.69) is 10.1 Å². The van der Waals surface area contributed by atoms with Crippen LogP contribution in [0.15, 0.2) is 66.7 Å². The van der Waals surface area contributed by atoms with Gasteiger partial charge in [0.05, 0.1) is 7.11 Å². The predicted molar refractivity (Wildman–Crippen MR) is 124 cm³/mol. The molecule has 0 aliphatic heterocycles. The maximum absolute atomic E-state index is 13.0. The Morgan fingerprint density at radius 2 is 1.64 bits per heavy atom. The van der Waals surface area contributed by atoms with Crippen molar-refractivity contribution in [3.05, 3.63) is 89.0 Å². The van der Waals surface area contributed by atoms with Crippen LogP contribution in [0.5, 0.6) is 5.75 Å². The van der Waals surface area contributed by atoms with E-state index in [0.717, 1.165) is 29.5 Å². The molecule has 1 aliphatic rings. The summed E-state index contributed by atoms with van der Waals surface area (Å²) in [4.78, 5) is 36.7. The monoisotopic (exact) mass is 443 g/mol. The van der Waals surface area contributed by atoms with Crippen LogP contribution in [0.4, 0.5) is 0 Å². The minimum absolute atomic E-state index is 0.0557. The lowest BCUT2D eigenvalue weighted by Gasteiger charge is -2.11. The molecule has 0 unspecified atom stereocenters. The third-order valence-corrected chi connectivity index (χ3v) is 5.55. The minimum atomic E-state index is -0.494. The van der Waals surface area contributed by atoms with Crippen molar-refractivity contribution in [3.8, 4) is 16.9 Å². The first-order chi connectivity index (χ1) is 15.9. The lowest BCUT2D eigenvalue weighted by atomic mass is 9.95. The smallest absolute Gasteiger partial charge is 0.343 e. The maximum Gasteiger partial charge on any atom is 0.343 e. The SMILES string of the molecule is COC(=O)COc1cccc(C(=O)c2ccc(-c3cc(C(=O)NC4CC4)ccc3C)cc2)c1. The second kappa shape index (κ2) is 9.69. The number of ether oxygens (including phenoxy) is 2. The zero-order valence-electron chi connectivity index (χ0n) is 18.6. The van der Waals surface area contributed by atoms with E-state index in [4.69, 9.17) is 4.74 Å². The van der Waals surface area contributed by atoms with Crippen molar-refractivity contribution >= 4 is 17.7 Å². The fourth-order valence-electron chi connectivity index (χ4n) is 3.47. The van der Waals surface area contributed by atoms with Crippen LogP contribution in [0.1, 0.15) is 44.7 Å². The molecule has 1 saturated carbocycles. The van der Waals surface area contributed by atoms with Crippen LogP contribution in [0, 0.1) is 6.92 Å². The van der Waals surface area contributed by atoms with E-state index in [1.807, 2.05) is 37.3 Å². The van der Waals surface area contributed by atoms with E-state index in [1.54, 1.807) is 36.4 Å². The summed E-state index contributed by atoms with van der Waals surface area (Å²) in [5, 5.41) is 3.01. The first kappa shape index (κ1) is 22.3. The molecule has 1 N–H and O–H groups in total. The molecule has 1 aliphatic carbocycles. The molecule has 4 rings (SSSR count). The summed E-state index contributed by atoms with van der Waals surface area (Å²) in [5.41, 5.74) is 4.55. The Hall–Kier alpha value is -3.93. The molecule has 0 heterocycles. The highest BCUT2D eigenvalue weighted by Crippen LogP contribution is 2.27. The summed E-state index contributed by atoms with van der Waals surface area (Å²) >= 11 is 0. The molecule has 33 heavy (non-hydrogen) atoms. The van der Waals surface area contributed by atoms with Crippen LogP contribution in [0.2, 0.25) is 0 Å². The summed E-state index contributed by atoms with van der Waals surface area (Å²) in [6.45, 7) is 1.77. The molecule has 0 aromatic heterocycles. The number of hydrogen-bond donors (Lipinski definition) is 1. The number of hydrogen-bond acceptors (Lipinski definition) is 5. The van der Waals surface area contributed by atoms with Crippen molar-refractivity contribution in [2.45, 2.75) is 25.8 Å². The summed E-state index contributed by atoms with van der Waals surface area (Å²) in [6, 6.07) is 20.0. The topological polar surface area (TPSA) is 81.7 Å². The molecule has 0 saturated heterocycles. The second-order valence-corrected chi connectivity index (χ2v) is 8.08. The lowest BCUT2D eigenvalue weighted by Crippen LogP contribution is -2.25. The van der Waals surface area contributed by atoms with Gasteiger partial charge < -0.3 is 14.8 Å². The van der Waals surface area contributed by atoms with E-state index in [9.17, 15) is 14.4 Å². The number of carbonyl (C=O) groups excluding carboxylic acids is 3. The second-order valence-electron chi connectivity index (χ2n) is 8.08. The molecule has 3 aromatic carbocycles. The van der Waals surface area contributed by atoms with Crippen LogP contribution in [0.3, 0.4) is 0 Å². The molecule has 168 valence electrons. The molecule has 0 spiro atoms. The summed E-state index contributed by atoms with van der Waals surface area (Å²) < 4.78 is 9.94.